The number of phenolic OH excluding ortho intramolecular Hbond substituents is 1. The molecule has 0 radical (unpaired) electrons. The highest BCUT2D eigenvalue weighted by Gasteiger charge is 2.08. The van der Waals surface area contributed by atoms with Crippen molar-refractivity contribution in [1.29, 1.82) is 0 Å². The summed E-state index contributed by atoms with van der Waals surface area (Å²) in [5.41, 5.74) is 7.77. The molecule has 1 heterocycles. The zero-order valence-electron chi connectivity index (χ0n) is 17.0. The number of phenols is 1. The van der Waals surface area contributed by atoms with Gasteiger partial charge < -0.3 is 10.4 Å². The minimum Gasteiger partial charge on any atom is -0.507 e. The average Bonchev–Trinajstić information content (AvgIpc) is 3.26. The summed E-state index contributed by atoms with van der Waals surface area (Å²) in [4.78, 5) is 17.0. The van der Waals surface area contributed by atoms with Crippen LogP contribution in [0.2, 0.25) is 0 Å². The van der Waals surface area contributed by atoms with Crippen LogP contribution in [0.5, 0.6) is 5.75 Å². The summed E-state index contributed by atoms with van der Waals surface area (Å²) in [6, 6.07) is 20.5. The quantitative estimate of drug-likeness (QED) is 0.157. The van der Waals surface area contributed by atoms with E-state index >= 15 is 0 Å². The van der Waals surface area contributed by atoms with Gasteiger partial charge in [0.1, 0.15) is 5.75 Å². The Balaban J connectivity index is 1.37. The van der Waals surface area contributed by atoms with Crippen molar-refractivity contribution >= 4 is 56.9 Å². The molecule has 0 aliphatic rings. The van der Waals surface area contributed by atoms with Crippen LogP contribution in [0.4, 0.5) is 10.8 Å². The summed E-state index contributed by atoms with van der Waals surface area (Å²) in [6.45, 7) is 2.05. The summed E-state index contributed by atoms with van der Waals surface area (Å²) >= 11 is 3.56. The molecule has 0 saturated heterocycles. The molecule has 0 unspecified atom stereocenters. The Labute approximate surface area is 203 Å². The lowest BCUT2D eigenvalue weighted by molar-refractivity contribution is 0.0955. The molecule has 160 valence electrons. The molecule has 6 nitrogen and oxygen atoms in total. The van der Waals surface area contributed by atoms with E-state index in [4.69, 9.17) is 0 Å². The number of anilines is 2. The van der Waals surface area contributed by atoms with Crippen LogP contribution in [0, 0.1) is 10.5 Å². The van der Waals surface area contributed by atoms with Crippen LogP contribution in [0.15, 0.2) is 77.2 Å². The van der Waals surface area contributed by atoms with Crippen molar-refractivity contribution < 1.29 is 9.90 Å². The highest BCUT2D eigenvalue weighted by molar-refractivity contribution is 14.1. The number of nitrogens with one attached hydrogen (secondary N) is 2. The molecule has 1 amide bonds. The van der Waals surface area contributed by atoms with Crippen molar-refractivity contribution in [3.05, 3.63) is 92.4 Å². The highest BCUT2D eigenvalue weighted by atomic mass is 127. The summed E-state index contributed by atoms with van der Waals surface area (Å²) < 4.78 is 0.715. The number of aromatic hydroxyl groups is 1. The predicted octanol–water partition coefficient (Wildman–Crippen LogP) is 5.94. The van der Waals surface area contributed by atoms with Gasteiger partial charge in [0.05, 0.1) is 15.5 Å². The lowest BCUT2D eigenvalue weighted by Gasteiger charge is -2.03. The highest BCUT2D eigenvalue weighted by Crippen LogP contribution is 2.27. The van der Waals surface area contributed by atoms with Crippen LogP contribution < -0.4 is 10.7 Å². The van der Waals surface area contributed by atoms with Gasteiger partial charge >= 0.3 is 0 Å². The molecule has 0 saturated carbocycles. The third-order valence-electron chi connectivity index (χ3n) is 4.60. The number of hydrogen-bond acceptors (Lipinski definition) is 6. The fraction of sp³-hybridized carbons (Fsp3) is 0.0417. The number of rotatable bonds is 6. The van der Waals surface area contributed by atoms with Gasteiger partial charge in [-0.25, -0.2) is 10.4 Å². The topological polar surface area (TPSA) is 86.6 Å². The van der Waals surface area contributed by atoms with Crippen LogP contribution in [-0.4, -0.2) is 22.2 Å². The number of halogens is 1. The van der Waals surface area contributed by atoms with Crippen LogP contribution in [0.25, 0.3) is 11.3 Å². The molecule has 32 heavy (non-hydrogen) atoms. The van der Waals surface area contributed by atoms with E-state index in [1.807, 2.05) is 52.2 Å². The third-order valence-corrected chi connectivity index (χ3v) is 6.22. The molecular weight excluding hydrogens is 535 g/mol. The van der Waals surface area contributed by atoms with Crippen LogP contribution in [0.1, 0.15) is 21.5 Å². The Hall–Kier alpha value is -3.24. The van der Waals surface area contributed by atoms with E-state index in [0.29, 0.717) is 9.13 Å². The van der Waals surface area contributed by atoms with Gasteiger partial charge in [-0.15, -0.1) is 11.3 Å². The molecule has 0 aliphatic carbocycles. The molecule has 0 bridgehead atoms. The Kier molecular flexibility index (Phi) is 6.81. The van der Waals surface area contributed by atoms with E-state index in [2.05, 4.69) is 39.9 Å². The molecule has 4 aromatic rings. The van der Waals surface area contributed by atoms with E-state index in [0.717, 1.165) is 27.6 Å². The van der Waals surface area contributed by atoms with Gasteiger partial charge in [-0.3, -0.25) is 4.79 Å². The van der Waals surface area contributed by atoms with E-state index < -0.39 is 0 Å². The summed E-state index contributed by atoms with van der Waals surface area (Å²) in [5.74, 6) is -0.0914. The second-order valence-corrected chi connectivity index (χ2v) is 9.04. The van der Waals surface area contributed by atoms with Crippen molar-refractivity contribution in [2.75, 3.05) is 5.32 Å². The third kappa shape index (κ3) is 5.51. The second kappa shape index (κ2) is 9.92. The Morgan fingerprint density at radius 3 is 2.56 bits per heavy atom. The number of carbonyl (C=O) groups is 1. The van der Waals surface area contributed by atoms with Crippen molar-refractivity contribution in [2.24, 2.45) is 5.10 Å². The van der Waals surface area contributed by atoms with Gasteiger partial charge in [-0.05, 0) is 77.5 Å². The number of hydrazone groups is 1. The Morgan fingerprint density at radius 2 is 1.84 bits per heavy atom. The van der Waals surface area contributed by atoms with Crippen LogP contribution in [0.3, 0.4) is 0 Å². The summed E-state index contributed by atoms with van der Waals surface area (Å²) in [6.07, 6.45) is 1.53. The number of benzene rings is 3. The van der Waals surface area contributed by atoms with Gasteiger partial charge in [-0.2, -0.15) is 5.10 Å². The monoisotopic (exact) mass is 554 g/mol. The minimum atomic E-state index is -0.304. The van der Waals surface area contributed by atoms with Crippen molar-refractivity contribution in [3.63, 3.8) is 0 Å². The molecule has 0 fully saturated rings. The van der Waals surface area contributed by atoms with Crippen LogP contribution in [-0.2, 0) is 0 Å². The second-order valence-electron chi connectivity index (χ2n) is 7.02. The largest absolute Gasteiger partial charge is 0.507 e. The fourth-order valence-corrected chi connectivity index (χ4v) is 4.13. The lowest BCUT2D eigenvalue weighted by Crippen LogP contribution is -2.17. The zero-order chi connectivity index (χ0) is 22.5. The van der Waals surface area contributed by atoms with E-state index in [1.165, 1.54) is 23.1 Å². The van der Waals surface area contributed by atoms with Gasteiger partial charge in [0.15, 0.2) is 5.13 Å². The minimum absolute atomic E-state index is 0.213. The van der Waals surface area contributed by atoms with Gasteiger partial charge in [0, 0.05) is 22.2 Å². The Morgan fingerprint density at radius 1 is 1.09 bits per heavy atom. The molecular formula is C24H19IN4O2S. The lowest BCUT2D eigenvalue weighted by atomic mass is 10.1. The molecule has 1 aromatic heterocycles. The van der Waals surface area contributed by atoms with Crippen molar-refractivity contribution in [2.45, 2.75) is 6.92 Å². The first-order valence-electron chi connectivity index (χ1n) is 9.69. The maximum atomic E-state index is 12.3. The SMILES string of the molecule is Cc1ccc(Nc2nc(-c3ccc(C(=O)N/N=C\c4ccc(O)c(I)c4)cc3)cs2)cc1. The summed E-state index contributed by atoms with van der Waals surface area (Å²) in [5, 5.41) is 19.6. The standard InChI is InChI=1S/C24H19IN4O2S/c1-15-2-9-19(10-3-15)27-24-28-21(14-32-24)17-5-7-18(8-6-17)23(31)29-26-13-16-4-11-22(30)20(25)12-16/h2-14,30H,1H3,(H,27,28)(H,29,31)/b26-13-. The van der Waals surface area contributed by atoms with Crippen molar-refractivity contribution in [1.82, 2.24) is 10.4 Å². The first kappa shape index (κ1) is 22.0. The van der Waals surface area contributed by atoms with Crippen molar-refractivity contribution in [3.8, 4) is 17.0 Å². The Bertz CT molecular complexity index is 1270. The summed E-state index contributed by atoms with van der Waals surface area (Å²) in [7, 11) is 0. The zero-order valence-corrected chi connectivity index (χ0v) is 20.0. The van der Waals surface area contributed by atoms with E-state index in [1.54, 1.807) is 30.3 Å². The van der Waals surface area contributed by atoms with Gasteiger partial charge in [0.2, 0.25) is 0 Å². The molecule has 3 N–H and O–H groups in total. The van der Waals surface area contributed by atoms with E-state index in [-0.39, 0.29) is 11.7 Å². The first-order valence-corrected chi connectivity index (χ1v) is 11.7. The first-order chi connectivity index (χ1) is 15.5. The molecule has 0 atom stereocenters. The van der Waals surface area contributed by atoms with E-state index in [9.17, 15) is 9.90 Å². The van der Waals surface area contributed by atoms with Gasteiger partial charge in [0.25, 0.3) is 5.91 Å². The number of aryl methyl sites for hydroxylation is 1. The normalized spacial score (nSPS) is 10.9. The average molecular weight is 554 g/mol. The smallest absolute Gasteiger partial charge is 0.271 e. The molecule has 0 aliphatic heterocycles. The van der Waals surface area contributed by atoms with Gasteiger partial charge in [-0.1, -0.05) is 29.8 Å². The molecule has 3 aromatic carbocycles. The maximum absolute atomic E-state index is 12.3. The number of thiazole rings is 1. The predicted molar refractivity (Wildman–Crippen MR) is 138 cm³/mol. The number of nitrogens with zero attached hydrogens (tertiary/aromatic N) is 2. The molecule has 8 heteroatoms. The maximum Gasteiger partial charge on any atom is 0.271 e. The molecule has 0 spiro atoms. The van der Waals surface area contributed by atoms with Crippen LogP contribution >= 0.6 is 33.9 Å². The fourth-order valence-electron chi connectivity index (χ4n) is 2.85. The number of hydrogen-bond donors (Lipinski definition) is 3. The number of aromatic nitrogens is 1. The molecule has 4 rings (SSSR count). The number of carbonyl (C=O) groups excluding carboxylic acids is 1. The number of amides is 1.